The number of hydrogen-bond donors (Lipinski definition) is 0. The molecule has 0 saturated carbocycles. The summed E-state index contributed by atoms with van der Waals surface area (Å²) in [5.74, 6) is -13.1. The minimum absolute atomic E-state index is 3.72. The van der Waals surface area contributed by atoms with E-state index in [1.165, 1.54) is 0 Å². The summed E-state index contributed by atoms with van der Waals surface area (Å²) in [5, 5.41) is 0. The molecule has 0 unspecified atom stereocenters. The van der Waals surface area contributed by atoms with Crippen LogP contribution in [0.3, 0.4) is 0 Å². The minimum atomic E-state index is -6.73. The first-order chi connectivity index (χ1) is 7.44. The van der Waals surface area contributed by atoms with E-state index >= 15 is 0 Å². The van der Waals surface area contributed by atoms with Crippen molar-refractivity contribution < 1.29 is 47.9 Å². The molecule has 0 heterocycles. The van der Waals surface area contributed by atoms with Crippen molar-refractivity contribution in [2.24, 2.45) is 0 Å². The second-order valence-electron chi connectivity index (χ2n) is 2.37. The van der Waals surface area contributed by atoms with E-state index in [1.807, 2.05) is 0 Å². The molecule has 0 atom stereocenters. The van der Waals surface area contributed by atoms with Gasteiger partial charge in [-0.3, -0.25) is 0 Å². The van der Waals surface area contributed by atoms with Crippen LogP contribution in [0.4, 0.5) is 39.5 Å². The summed E-state index contributed by atoms with van der Waals surface area (Å²) >= 11 is 0. The third-order valence-corrected chi connectivity index (χ3v) is 1.05. The van der Waals surface area contributed by atoms with Crippen LogP contribution in [0.15, 0.2) is 0 Å². The first kappa shape index (κ1) is 20.2. The highest BCUT2D eigenvalue weighted by Crippen LogP contribution is 2.48. The van der Waals surface area contributed by atoms with Gasteiger partial charge in [0.1, 0.15) is 0 Å². The van der Waals surface area contributed by atoms with Gasteiger partial charge in [0.25, 0.3) is 0 Å². The number of halogens is 11. The van der Waals surface area contributed by atoms with Crippen LogP contribution in [0, 0.1) is 0 Å². The van der Waals surface area contributed by atoms with Crippen molar-refractivity contribution in [1.82, 2.24) is 0 Å². The molecule has 0 bridgehead atoms. The van der Waals surface area contributed by atoms with Crippen LogP contribution in [0.1, 0.15) is 0 Å². The Balaban J connectivity index is 0. The third-order valence-electron chi connectivity index (χ3n) is 1.05. The van der Waals surface area contributed by atoms with E-state index < -0.39 is 32.7 Å². The molecule has 18 heavy (non-hydrogen) atoms. The Morgan fingerprint density at radius 2 is 1.06 bits per heavy atom. The highest BCUT2D eigenvalue weighted by Gasteiger charge is 2.76. The molecule has 2 nitrogen and oxygen atoms in total. The van der Waals surface area contributed by atoms with Crippen molar-refractivity contribution in [1.29, 1.82) is 0 Å². The summed E-state index contributed by atoms with van der Waals surface area (Å²) in [5.41, 5.74) is 0. The van der Waals surface area contributed by atoms with Gasteiger partial charge in [-0.25, -0.2) is 8.78 Å². The van der Waals surface area contributed by atoms with Gasteiger partial charge in [0.15, 0.2) is 0 Å². The molecule has 14 heteroatoms. The number of hydrogen-bond acceptors (Lipinski definition) is 2. The minimum Gasteiger partial charge on any atom is -0.203 e. The van der Waals surface area contributed by atoms with Crippen LogP contribution in [0.2, 0.25) is 0 Å². The molecule has 0 spiro atoms. The summed E-state index contributed by atoms with van der Waals surface area (Å²) in [6.07, 6.45) is -11.8. The second-order valence-corrected chi connectivity index (χ2v) is 6.04. The van der Waals surface area contributed by atoms with E-state index in [9.17, 15) is 39.5 Å². The van der Waals surface area contributed by atoms with Gasteiger partial charge in [0.05, 0.1) is 0 Å². The topological polar surface area (TPSA) is 34.1 Å². The summed E-state index contributed by atoms with van der Waals surface area (Å²) < 4.78 is 120. The fourth-order valence-electron chi connectivity index (χ4n) is 0.326. The van der Waals surface area contributed by atoms with Crippen LogP contribution in [-0.4, -0.2) is 32.9 Å². The van der Waals surface area contributed by atoms with E-state index in [-0.39, 0.29) is 0 Å². The molecule has 0 radical (unpaired) electrons. The van der Waals surface area contributed by atoms with Gasteiger partial charge in [-0.05, 0) is 0 Å². The van der Waals surface area contributed by atoms with Gasteiger partial charge < -0.3 is 0 Å². The Bertz CT molecular complexity index is 353. The molecule has 0 aromatic rings. The highest BCUT2D eigenvalue weighted by atomic mass is 36.0. The Hall–Kier alpha value is -0.100. The smallest absolute Gasteiger partial charge is 0.203 e. The average molecular weight is 355 g/mol. The Morgan fingerprint density at radius 1 is 0.833 bits per heavy atom. The van der Waals surface area contributed by atoms with Crippen LogP contribution in [0.25, 0.3) is 0 Å². The molecule has 0 rings (SSSR count). The first-order valence-electron chi connectivity index (χ1n) is 3.19. The lowest BCUT2D eigenvalue weighted by atomic mass is 10.2. The molecule has 0 N–H and O–H groups in total. The maximum absolute atomic E-state index is 11.6. The van der Waals surface area contributed by atoms with Crippen LogP contribution >= 0.6 is 21.4 Å². The van der Waals surface area contributed by atoms with Crippen molar-refractivity contribution in [3.05, 3.63) is 0 Å². The van der Waals surface area contributed by atoms with Crippen molar-refractivity contribution in [3.8, 4) is 0 Å². The predicted octanol–water partition coefficient (Wildman–Crippen LogP) is 3.79. The van der Waals surface area contributed by atoms with Gasteiger partial charge >= 0.3 is 32.7 Å². The molecule has 0 saturated heterocycles. The van der Waals surface area contributed by atoms with Gasteiger partial charge in [0, 0.05) is 21.4 Å². The summed E-state index contributed by atoms with van der Waals surface area (Å²) in [6.45, 7) is 0. The Labute approximate surface area is 103 Å². The molecule has 0 aliphatic carbocycles. The van der Waals surface area contributed by atoms with E-state index in [2.05, 4.69) is 21.4 Å². The van der Waals surface area contributed by atoms with Crippen molar-refractivity contribution in [2.75, 3.05) is 0 Å². The molecule has 0 aliphatic heterocycles. The quantitative estimate of drug-likeness (QED) is 0.558. The lowest BCUT2D eigenvalue weighted by Crippen LogP contribution is -2.55. The summed E-state index contributed by atoms with van der Waals surface area (Å²) in [6, 6.07) is 0. The molecule has 0 aromatic heterocycles. The fourth-order valence-corrected chi connectivity index (χ4v) is 0.326. The fraction of sp³-hybridized carbons (Fsp3) is 1.00. The Morgan fingerprint density at radius 3 is 1.11 bits per heavy atom. The SMILES string of the molecule is FC(F)C(F)(F)C(F)(F)C(F)(F)F.O=S(=O)(Cl)Cl. The summed E-state index contributed by atoms with van der Waals surface area (Å²) in [7, 11) is 4.81. The third kappa shape index (κ3) is 6.18. The largest absolute Gasteiger partial charge is 0.460 e. The van der Waals surface area contributed by atoms with Crippen LogP contribution < -0.4 is 0 Å². The average Bonchev–Trinajstić information content (AvgIpc) is 1.97. The van der Waals surface area contributed by atoms with E-state index in [0.717, 1.165) is 0 Å². The van der Waals surface area contributed by atoms with Gasteiger partial charge in [0.2, 0.25) is 0 Å². The lowest BCUT2D eigenvalue weighted by Gasteiger charge is -2.27. The maximum Gasteiger partial charge on any atom is 0.460 e. The van der Waals surface area contributed by atoms with Crippen molar-refractivity contribution in [3.63, 3.8) is 0 Å². The zero-order chi connectivity index (χ0) is 15.6. The molecular weight excluding hydrogens is 354 g/mol. The predicted molar refractivity (Wildman–Crippen MR) is 42.6 cm³/mol. The molecule has 112 valence electrons. The standard InChI is InChI=1S/C4HF9.Cl2O2S/c5-1(6)2(7,8)3(9,10)4(11,12)13;1-5(2,3)4/h1H;. The lowest BCUT2D eigenvalue weighted by molar-refractivity contribution is -0.375. The van der Waals surface area contributed by atoms with Crippen molar-refractivity contribution in [2.45, 2.75) is 24.4 Å². The molecule has 0 aromatic carbocycles. The normalized spacial score (nSPS) is 14.2. The van der Waals surface area contributed by atoms with E-state index in [1.54, 1.807) is 0 Å². The maximum atomic E-state index is 11.6. The van der Waals surface area contributed by atoms with E-state index in [0.29, 0.717) is 0 Å². The number of rotatable bonds is 2. The Kier molecular flexibility index (Phi) is 6.63. The van der Waals surface area contributed by atoms with Gasteiger partial charge in [-0.15, -0.1) is 0 Å². The molecule has 0 amide bonds. The van der Waals surface area contributed by atoms with E-state index in [4.69, 9.17) is 8.42 Å². The van der Waals surface area contributed by atoms with Crippen LogP contribution in [0.5, 0.6) is 0 Å². The second kappa shape index (κ2) is 5.90. The monoisotopic (exact) mass is 354 g/mol. The van der Waals surface area contributed by atoms with Crippen molar-refractivity contribution >= 4 is 29.6 Å². The van der Waals surface area contributed by atoms with Crippen LogP contribution in [-0.2, 0) is 8.26 Å². The molecule has 0 aliphatic rings. The summed E-state index contributed by atoms with van der Waals surface area (Å²) in [4.78, 5) is 0. The number of alkyl halides is 9. The van der Waals surface area contributed by atoms with Gasteiger partial charge in [-0.1, -0.05) is 0 Å². The van der Waals surface area contributed by atoms with Gasteiger partial charge in [-0.2, -0.15) is 39.2 Å². The molecule has 0 fully saturated rings. The molecular formula is C4HCl2F9O2S. The zero-order valence-corrected chi connectivity index (χ0v) is 9.79. The highest BCUT2D eigenvalue weighted by molar-refractivity contribution is 8.31. The first-order valence-corrected chi connectivity index (χ1v) is 6.33. The zero-order valence-electron chi connectivity index (χ0n) is 7.46.